The van der Waals surface area contributed by atoms with Gasteiger partial charge in [0, 0.05) is 17.6 Å². The fourth-order valence-electron chi connectivity index (χ4n) is 2.43. The number of aryl methyl sites for hydroxylation is 1. The smallest absolute Gasteiger partial charge is 0.127 e. The SMILES string of the molecule is Cc1cccc(NCCOc2cccc3ccccc23)c1. The quantitative estimate of drug-likeness (QED) is 0.686. The Morgan fingerprint density at radius 2 is 1.71 bits per heavy atom. The van der Waals surface area contributed by atoms with Crippen LogP contribution in [0.1, 0.15) is 5.56 Å². The van der Waals surface area contributed by atoms with Gasteiger partial charge in [0.15, 0.2) is 0 Å². The molecular formula is C19H19NO. The molecule has 2 heteroatoms. The van der Waals surface area contributed by atoms with Gasteiger partial charge in [-0.3, -0.25) is 0 Å². The predicted molar refractivity (Wildman–Crippen MR) is 89.1 cm³/mol. The molecule has 1 N–H and O–H groups in total. The van der Waals surface area contributed by atoms with E-state index >= 15 is 0 Å². The van der Waals surface area contributed by atoms with Crippen LogP contribution < -0.4 is 10.1 Å². The summed E-state index contributed by atoms with van der Waals surface area (Å²) >= 11 is 0. The van der Waals surface area contributed by atoms with E-state index in [2.05, 4.69) is 54.7 Å². The van der Waals surface area contributed by atoms with Crippen LogP contribution in [-0.4, -0.2) is 13.2 Å². The van der Waals surface area contributed by atoms with Crippen LogP contribution in [0.4, 0.5) is 5.69 Å². The fraction of sp³-hybridized carbons (Fsp3) is 0.158. The molecule has 0 bridgehead atoms. The normalized spacial score (nSPS) is 10.5. The zero-order valence-electron chi connectivity index (χ0n) is 12.2. The van der Waals surface area contributed by atoms with Crippen molar-refractivity contribution in [3.63, 3.8) is 0 Å². The van der Waals surface area contributed by atoms with Crippen LogP contribution in [0.15, 0.2) is 66.7 Å². The van der Waals surface area contributed by atoms with E-state index < -0.39 is 0 Å². The Hall–Kier alpha value is -2.48. The molecule has 0 aliphatic heterocycles. The highest BCUT2D eigenvalue weighted by molar-refractivity contribution is 5.88. The summed E-state index contributed by atoms with van der Waals surface area (Å²) in [5.74, 6) is 0.944. The fourth-order valence-corrected chi connectivity index (χ4v) is 2.43. The predicted octanol–water partition coefficient (Wildman–Crippen LogP) is 4.64. The Balaban J connectivity index is 1.60. The molecule has 2 nitrogen and oxygen atoms in total. The van der Waals surface area contributed by atoms with Crippen molar-refractivity contribution in [3.05, 3.63) is 72.3 Å². The van der Waals surface area contributed by atoms with Crippen molar-refractivity contribution in [1.82, 2.24) is 0 Å². The first-order chi connectivity index (χ1) is 10.3. The summed E-state index contributed by atoms with van der Waals surface area (Å²) in [5.41, 5.74) is 2.39. The summed E-state index contributed by atoms with van der Waals surface area (Å²) in [6.07, 6.45) is 0. The first-order valence-electron chi connectivity index (χ1n) is 7.24. The van der Waals surface area contributed by atoms with Gasteiger partial charge in [-0.1, -0.05) is 48.5 Å². The molecule has 106 valence electrons. The molecule has 0 atom stereocenters. The molecule has 0 radical (unpaired) electrons. The summed E-state index contributed by atoms with van der Waals surface area (Å²) in [5, 5.41) is 5.75. The molecule has 0 aromatic heterocycles. The summed E-state index contributed by atoms with van der Waals surface area (Å²) in [6, 6.07) is 22.8. The van der Waals surface area contributed by atoms with E-state index in [9.17, 15) is 0 Å². The summed E-state index contributed by atoms with van der Waals surface area (Å²) in [4.78, 5) is 0. The van der Waals surface area contributed by atoms with Gasteiger partial charge in [0.05, 0.1) is 0 Å². The maximum Gasteiger partial charge on any atom is 0.127 e. The van der Waals surface area contributed by atoms with E-state index in [1.54, 1.807) is 0 Å². The third-order valence-corrected chi connectivity index (χ3v) is 3.46. The number of nitrogens with one attached hydrogen (secondary N) is 1. The second kappa shape index (κ2) is 6.31. The zero-order valence-corrected chi connectivity index (χ0v) is 12.2. The zero-order chi connectivity index (χ0) is 14.5. The van der Waals surface area contributed by atoms with Gasteiger partial charge in [0.25, 0.3) is 0 Å². The van der Waals surface area contributed by atoms with Crippen LogP contribution in [0.25, 0.3) is 10.8 Å². The van der Waals surface area contributed by atoms with E-state index in [0.29, 0.717) is 6.61 Å². The Kier molecular flexibility index (Phi) is 4.06. The van der Waals surface area contributed by atoms with Crippen molar-refractivity contribution in [2.24, 2.45) is 0 Å². The molecule has 3 aromatic rings. The van der Waals surface area contributed by atoms with Crippen LogP contribution in [0, 0.1) is 6.92 Å². The lowest BCUT2D eigenvalue weighted by Crippen LogP contribution is -2.11. The molecule has 21 heavy (non-hydrogen) atoms. The largest absolute Gasteiger partial charge is 0.491 e. The van der Waals surface area contributed by atoms with Crippen molar-refractivity contribution in [1.29, 1.82) is 0 Å². The molecule has 0 saturated carbocycles. The average molecular weight is 277 g/mol. The number of fused-ring (bicyclic) bond motifs is 1. The van der Waals surface area contributed by atoms with Crippen molar-refractivity contribution in [2.45, 2.75) is 6.92 Å². The highest BCUT2D eigenvalue weighted by atomic mass is 16.5. The molecule has 0 fully saturated rings. The minimum absolute atomic E-state index is 0.641. The van der Waals surface area contributed by atoms with Gasteiger partial charge >= 0.3 is 0 Å². The van der Waals surface area contributed by atoms with Gasteiger partial charge in [-0.25, -0.2) is 0 Å². The molecule has 0 heterocycles. The monoisotopic (exact) mass is 277 g/mol. The van der Waals surface area contributed by atoms with E-state index in [4.69, 9.17) is 4.74 Å². The maximum atomic E-state index is 5.91. The molecule has 0 saturated heterocycles. The van der Waals surface area contributed by atoms with E-state index in [0.717, 1.165) is 23.4 Å². The van der Waals surface area contributed by atoms with E-state index in [1.807, 2.05) is 24.3 Å². The molecule has 0 unspecified atom stereocenters. The first-order valence-corrected chi connectivity index (χ1v) is 7.24. The number of anilines is 1. The molecule has 0 spiro atoms. The first kappa shape index (κ1) is 13.5. The van der Waals surface area contributed by atoms with Crippen molar-refractivity contribution >= 4 is 16.5 Å². The van der Waals surface area contributed by atoms with Crippen LogP contribution in [0.3, 0.4) is 0 Å². The van der Waals surface area contributed by atoms with Gasteiger partial charge in [-0.05, 0) is 36.1 Å². The Morgan fingerprint density at radius 1 is 0.905 bits per heavy atom. The second-order valence-electron chi connectivity index (χ2n) is 5.12. The maximum absolute atomic E-state index is 5.91. The second-order valence-corrected chi connectivity index (χ2v) is 5.12. The molecule has 0 aliphatic carbocycles. The third-order valence-electron chi connectivity index (χ3n) is 3.46. The Labute approximate surface area is 125 Å². The van der Waals surface area contributed by atoms with Crippen molar-refractivity contribution in [3.8, 4) is 5.75 Å². The highest BCUT2D eigenvalue weighted by Crippen LogP contribution is 2.24. The minimum atomic E-state index is 0.641. The van der Waals surface area contributed by atoms with Crippen molar-refractivity contribution in [2.75, 3.05) is 18.5 Å². The molecule has 3 aromatic carbocycles. The molecule has 0 aliphatic rings. The van der Waals surface area contributed by atoms with Gasteiger partial charge in [-0.15, -0.1) is 0 Å². The van der Waals surface area contributed by atoms with Gasteiger partial charge in [-0.2, -0.15) is 0 Å². The number of hydrogen-bond acceptors (Lipinski definition) is 2. The van der Waals surface area contributed by atoms with Crippen LogP contribution in [0.5, 0.6) is 5.75 Å². The lowest BCUT2D eigenvalue weighted by Gasteiger charge is -2.11. The van der Waals surface area contributed by atoms with Crippen LogP contribution in [0.2, 0.25) is 0 Å². The van der Waals surface area contributed by atoms with Crippen LogP contribution >= 0.6 is 0 Å². The minimum Gasteiger partial charge on any atom is -0.491 e. The lowest BCUT2D eigenvalue weighted by atomic mass is 10.1. The average Bonchev–Trinajstić information content (AvgIpc) is 2.52. The number of rotatable bonds is 5. The van der Waals surface area contributed by atoms with E-state index in [-0.39, 0.29) is 0 Å². The lowest BCUT2D eigenvalue weighted by molar-refractivity contribution is 0.337. The van der Waals surface area contributed by atoms with Gasteiger partial charge < -0.3 is 10.1 Å². The summed E-state index contributed by atoms with van der Waals surface area (Å²) in [6.45, 7) is 3.52. The summed E-state index contributed by atoms with van der Waals surface area (Å²) in [7, 11) is 0. The Morgan fingerprint density at radius 3 is 2.62 bits per heavy atom. The molecular weight excluding hydrogens is 258 g/mol. The van der Waals surface area contributed by atoms with Gasteiger partial charge in [0.1, 0.15) is 12.4 Å². The number of ether oxygens (including phenoxy) is 1. The molecule has 3 rings (SSSR count). The van der Waals surface area contributed by atoms with Crippen molar-refractivity contribution < 1.29 is 4.74 Å². The van der Waals surface area contributed by atoms with E-state index in [1.165, 1.54) is 10.9 Å². The third kappa shape index (κ3) is 3.34. The highest BCUT2D eigenvalue weighted by Gasteiger charge is 2.00. The van der Waals surface area contributed by atoms with Crippen LogP contribution in [-0.2, 0) is 0 Å². The standard InChI is InChI=1S/C19H19NO/c1-15-6-4-9-17(14-15)20-12-13-21-19-11-5-8-16-7-2-3-10-18(16)19/h2-11,14,20H,12-13H2,1H3. The number of hydrogen-bond donors (Lipinski definition) is 1. The Bertz CT molecular complexity index is 731. The topological polar surface area (TPSA) is 21.3 Å². The van der Waals surface area contributed by atoms with Gasteiger partial charge in [0.2, 0.25) is 0 Å². The summed E-state index contributed by atoms with van der Waals surface area (Å²) < 4.78 is 5.91. The molecule has 0 amide bonds. The number of benzene rings is 3.